The number of amides is 1. The van der Waals surface area contributed by atoms with Gasteiger partial charge in [0.1, 0.15) is 5.75 Å². The van der Waals surface area contributed by atoms with Crippen LogP contribution in [-0.4, -0.2) is 17.1 Å². The van der Waals surface area contributed by atoms with Crippen molar-refractivity contribution in [3.8, 4) is 5.75 Å². The molecule has 2 aliphatic carbocycles. The van der Waals surface area contributed by atoms with Gasteiger partial charge in [0.05, 0.1) is 0 Å². The molecule has 0 aromatic heterocycles. The molecule has 0 radical (unpaired) electrons. The number of aromatic hydroxyl groups is 1. The van der Waals surface area contributed by atoms with Crippen LogP contribution in [0.2, 0.25) is 0 Å². The Bertz CT molecular complexity index is 468. The molecule has 102 valence electrons. The van der Waals surface area contributed by atoms with Crippen LogP contribution in [0, 0.1) is 17.8 Å². The van der Waals surface area contributed by atoms with Gasteiger partial charge in [-0.1, -0.05) is 6.42 Å². The molecule has 2 aliphatic rings. The summed E-state index contributed by atoms with van der Waals surface area (Å²) in [6.45, 7) is 2.13. The zero-order valence-electron chi connectivity index (χ0n) is 11.3. The minimum absolute atomic E-state index is 0.0322. The number of nitrogens with one attached hydrogen (secondary N) is 1. The molecule has 0 saturated heterocycles. The predicted molar refractivity (Wildman–Crippen MR) is 74.0 cm³/mol. The average Bonchev–Trinajstić information content (AvgIpc) is 3.01. The van der Waals surface area contributed by atoms with E-state index in [9.17, 15) is 9.90 Å². The van der Waals surface area contributed by atoms with Crippen LogP contribution < -0.4 is 5.32 Å². The van der Waals surface area contributed by atoms with E-state index in [2.05, 4.69) is 12.2 Å². The second kappa shape index (κ2) is 4.87. The second-order valence-corrected chi connectivity index (χ2v) is 6.15. The molecule has 2 N–H and O–H groups in total. The zero-order valence-corrected chi connectivity index (χ0v) is 11.3. The average molecular weight is 259 g/mol. The van der Waals surface area contributed by atoms with Crippen molar-refractivity contribution in [2.45, 2.75) is 38.6 Å². The summed E-state index contributed by atoms with van der Waals surface area (Å²) in [6, 6.07) is 6.68. The fraction of sp³-hybridized carbons (Fsp3) is 0.562. The Labute approximate surface area is 114 Å². The van der Waals surface area contributed by atoms with E-state index >= 15 is 0 Å². The molecule has 2 fully saturated rings. The molecule has 0 aliphatic heterocycles. The molecule has 3 nitrogen and oxygen atoms in total. The third kappa shape index (κ3) is 2.46. The first kappa shape index (κ1) is 12.5. The van der Waals surface area contributed by atoms with Gasteiger partial charge in [0.15, 0.2) is 0 Å². The Morgan fingerprint density at radius 3 is 2.58 bits per heavy atom. The van der Waals surface area contributed by atoms with E-state index in [4.69, 9.17) is 0 Å². The molecular formula is C16H21NO2. The van der Waals surface area contributed by atoms with Crippen LogP contribution in [0.15, 0.2) is 24.3 Å². The molecule has 2 bridgehead atoms. The lowest BCUT2D eigenvalue weighted by Gasteiger charge is -2.28. The maximum Gasteiger partial charge on any atom is 0.251 e. The number of fused-ring (bicyclic) bond motifs is 2. The van der Waals surface area contributed by atoms with Crippen molar-refractivity contribution < 1.29 is 9.90 Å². The number of rotatable bonds is 3. The second-order valence-electron chi connectivity index (χ2n) is 6.15. The summed E-state index contributed by atoms with van der Waals surface area (Å²) in [6.07, 6.45) is 5.38. The first-order chi connectivity index (χ1) is 9.13. The highest BCUT2D eigenvalue weighted by Crippen LogP contribution is 2.49. The summed E-state index contributed by atoms with van der Waals surface area (Å²) < 4.78 is 0. The van der Waals surface area contributed by atoms with Gasteiger partial charge in [0.25, 0.3) is 5.91 Å². The summed E-state index contributed by atoms with van der Waals surface area (Å²) in [5.41, 5.74) is 0.618. The Balaban J connectivity index is 1.61. The Morgan fingerprint density at radius 1 is 1.26 bits per heavy atom. The molecule has 0 spiro atoms. The van der Waals surface area contributed by atoms with Crippen molar-refractivity contribution in [2.75, 3.05) is 0 Å². The summed E-state index contributed by atoms with van der Waals surface area (Å²) >= 11 is 0. The lowest BCUT2D eigenvalue weighted by Crippen LogP contribution is -2.40. The molecule has 4 unspecified atom stereocenters. The van der Waals surface area contributed by atoms with E-state index in [0.717, 1.165) is 11.8 Å². The monoisotopic (exact) mass is 259 g/mol. The van der Waals surface area contributed by atoms with Crippen molar-refractivity contribution in [2.24, 2.45) is 17.8 Å². The first-order valence-electron chi connectivity index (χ1n) is 7.23. The summed E-state index contributed by atoms with van der Waals surface area (Å²) in [4.78, 5) is 12.1. The SMILES string of the molecule is CC(NC(=O)c1ccc(O)cc1)C1CC2CCC1C2. The maximum absolute atomic E-state index is 12.1. The number of phenolic OH excluding ortho intramolecular Hbond substituents is 1. The van der Waals surface area contributed by atoms with Gasteiger partial charge in [-0.3, -0.25) is 4.79 Å². The molecule has 1 amide bonds. The van der Waals surface area contributed by atoms with Crippen LogP contribution in [0.3, 0.4) is 0 Å². The highest BCUT2D eigenvalue weighted by atomic mass is 16.3. The van der Waals surface area contributed by atoms with Gasteiger partial charge in [-0.15, -0.1) is 0 Å². The van der Waals surface area contributed by atoms with Gasteiger partial charge in [-0.05, 0) is 68.2 Å². The van der Waals surface area contributed by atoms with Gasteiger partial charge in [0.2, 0.25) is 0 Å². The molecule has 1 aromatic rings. The van der Waals surface area contributed by atoms with E-state index in [1.165, 1.54) is 25.7 Å². The van der Waals surface area contributed by atoms with Crippen LogP contribution in [0.5, 0.6) is 5.75 Å². The van der Waals surface area contributed by atoms with Crippen molar-refractivity contribution in [3.63, 3.8) is 0 Å². The molecular weight excluding hydrogens is 238 g/mol. The van der Waals surface area contributed by atoms with E-state index in [1.54, 1.807) is 24.3 Å². The Kier molecular flexibility index (Phi) is 3.21. The van der Waals surface area contributed by atoms with Gasteiger partial charge in [-0.2, -0.15) is 0 Å². The van der Waals surface area contributed by atoms with Crippen LogP contribution >= 0.6 is 0 Å². The fourth-order valence-corrected chi connectivity index (χ4v) is 3.92. The highest BCUT2D eigenvalue weighted by Gasteiger charge is 2.42. The van der Waals surface area contributed by atoms with Crippen molar-refractivity contribution in [3.05, 3.63) is 29.8 Å². The van der Waals surface area contributed by atoms with Gasteiger partial charge in [0, 0.05) is 11.6 Å². The van der Waals surface area contributed by atoms with Crippen molar-refractivity contribution >= 4 is 5.91 Å². The number of phenols is 1. The first-order valence-corrected chi connectivity index (χ1v) is 7.23. The number of carbonyl (C=O) groups excluding carboxylic acids is 1. The zero-order chi connectivity index (χ0) is 13.4. The van der Waals surface area contributed by atoms with Crippen LogP contribution in [0.25, 0.3) is 0 Å². The van der Waals surface area contributed by atoms with Crippen LogP contribution in [-0.2, 0) is 0 Å². The standard InChI is InChI=1S/C16H21NO2/c1-10(15-9-11-2-3-13(15)8-11)17-16(19)12-4-6-14(18)7-5-12/h4-7,10-11,13,15,18H,2-3,8-9H2,1H3,(H,17,19). The minimum Gasteiger partial charge on any atom is -0.508 e. The summed E-state index contributed by atoms with van der Waals surface area (Å²) in [7, 11) is 0. The van der Waals surface area contributed by atoms with E-state index in [0.29, 0.717) is 11.5 Å². The fourth-order valence-electron chi connectivity index (χ4n) is 3.92. The Morgan fingerprint density at radius 2 is 2.00 bits per heavy atom. The number of hydrogen-bond donors (Lipinski definition) is 2. The van der Waals surface area contributed by atoms with Gasteiger partial charge in [-0.25, -0.2) is 0 Å². The van der Waals surface area contributed by atoms with Crippen molar-refractivity contribution in [1.29, 1.82) is 0 Å². The number of hydrogen-bond acceptors (Lipinski definition) is 2. The lowest BCUT2D eigenvalue weighted by molar-refractivity contribution is 0.0915. The quantitative estimate of drug-likeness (QED) is 0.876. The van der Waals surface area contributed by atoms with Crippen molar-refractivity contribution in [1.82, 2.24) is 5.32 Å². The minimum atomic E-state index is -0.0322. The summed E-state index contributed by atoms with van der Waals surface area (Å²) in [5, 5.41) is 12.4. The molecule has 19 heavy (non-hydrogen) atoms. The lowest BCUT2D eigenvalue weighted by atomic mass is 9.84. The maximum atomic E-state index is 12.1. The van der Waals surface area contributed by atoms with Crippen LogP contribution in [0.4, 0.5) is 0 Å². The molecule has 2 saturated carbocycles. The number of benzene rings is 1. The van der Waals surface area contributed by atoms with Gasteiger partial charge < -0.3 is 10.4 Å². The third-order valence-electron chi connectivity index (χ3n) is 4.92. The summed E-state index contributed by atoms with van der Waals surface area (Å²) in [5.74, 6) is 2.54. The highest BCUT2D eigenvalue weighted by molar-refractivity contribution is 5.94. The predicted octanol–water partition coefficient (Wildman–Crippen LogP) is 2.95. The number of carbonyl (C=O) groups is 1. The normalized spacial score (nSPS) is 30.3. The molecule has 4 atom stereocenters. The molecule has 1 aromatic carbocycles. The molecule has 3 heteroatoms. The van der Waals surface area contributed by atoms with Gasteiger partial charge >= 0.3 is 0 Å². The third-order valence-corrected chi connectivity index (χ3v) is 4.92. The van der Waals surface area contributed by atoms with E-state index in [-0.39, 0.29) is 17.7 Å². The Hall–Kier alpha value is -1.51. The molecule has 0 heterocycles. The topological polar surface area (TPSA) is 49.3 Å². The van der Waals surface area contributed by atoms with E-state index < -0.39 is 0 Å². The largest absolute Gasteiger partial charge is 0.508 e. The van der Waals surface area contributed by atoms with E-state index in [1.807, 2.05) is 0 Å². The smallest absolute Gasteiger partial charge is 0.251 e. The molecule has 3 rings (SSSR count). The van der Waals surface area contributed by atoms with Crippen LogP contribution in [0.1, 0.15) is 43.0 Å².